The molecule has 3 aliphatic heterocycles. The lowest BCUT2D eigenvalue weighted by atomic mass is 9.88. The van der Waals surface area contributed by atoms with Crippen LogP contribution in [0.1, 0.15) is 42.7 Å². The van der Waals surface area contributed by atoms with Gasteiger partial charge in [0.2, 0.25) is 5.91 Å². The number of nitrogens with one attached hydrogen (secondary N) is 1. The number of hydrogen-bond acceptors (Lipinski definition) is 5. The van der Waals surface area contributed by atoms with E-state index in [0.29, 0.717) is 11.8 Å². The Morgan fingerprint density at radius 3 is 2.83 bits per heavy atom. The second kappa shape index (κ2) is 9.57. The Morgan fingerprint density at radius 2 is 1.97 bits per heavy atom. The zero-order valence-corrected chi connectivity index (χ0v) is 20.5. The van der Waals surface area contributed by atoms with Crippen LogP contribution in [0.3, 0.4) is 0 Å². The quantitative estimate of drug-likeness (QED) is 0.571. The maximum absolute atomic E-state index is 13.4. The summed E-state index contributed by atoms with van der Waals surface area (Å²) < 4.78 is 11.1. The van der Waals surface area contributed by atoms with Crippen molar-refractivity contribution in [1.29, 1.82) is 0 Å². The van der Waals surface area contributed by atoms with Crippen LogP contribution in [-0.4, -0.2) is 61.6 Å². The van der Waals surface area contributed by atoms with Gasteiger partial charge in [0.05, 0.1) is 13.4 Å². The van der Waals surface area contributed by atoms with E-state index in [1.54, 1.807) is 7.11 Å². The molecule has 0 aliphatic carbocycles. The normalized spacial score (nSPS) is 23.3. The van der Waals surface area contributed by atoms with Crippen LogP contribution in [0.15, 0.2) is 53.1 Å². The third-order valence-electron chi connectivity index (χ3n) is 8.25. The van der Waals surface area contributed by atoms with E-state index < -0.39 is 0 Å². The average Bonchev–Trinajstić information content (AvgIpc) is 3.53. The molecule has 2 aromatic carbocycles. The molecule has 0 spiro atoms. The van der Waals surface area contributed by atoms with Gasteiger partial charge in [-0.1, -0.05) is 18.2 Å². The van der Waals surface area contributed by atoms with Gasteiger partial charge >= 0.3 is 0 Å². The van der Waals surface area contributed by atoms with Gasteiger partial charge < -0.3 is 24.3 Å². The maximum Gasteiger partial charge on any atom is 0.245 e. The number of hydrogen-bond donors (Lipinski definition) is 1. The summed E-state index contributed by atoms with van der Waals surface area (Å²) in [5.41, 5.74) is 4.60. The van der Waals surface area contributed by atoms with Crippen molar-refractivity contribution in [1.82, 2.24) is 9.80 Å². The minimum atomic E-state index is -0.156. The molecule has 2 saturated heterocycles. The number of anilines is 1. The van der Waals surface area contributed by atoms with Crippen LogP contribution < -0.4 is 10.1 Å². The first kappa shape index (κ1) is 22.5. The van der Waals surface area contributed by atoms with E-state index in [9.17, 15) is 4.79 Å². The van der Waals surface area contributed by atoms with Gasteiger partial charge in [0.25, 0.3) is 0 Å². The number of fused-ring (bicyclic) bond motifs is 2. The number of likely N-dealkylation sites (tertiary alicyclic amines) is 2. The van der Waals surface area contributed by atoms with Crippen LogP contribution in [0.2, 0.25) is 0 Å². The Kier molecular flexibility index (Phi) is 6.15. The first-order valence-electron chi connectivity index (χ1n) is 13.1. The van der Waals surface area contributed by atoms with Crippen molar-refractivity contribution >= 4 is 22.6 Å². The smallest absolute Gasteiger partial charge is 0.245 e. The average molecular weight is 474 g/mol. The summed E-state index contributed by atoms with van der Waals surface area (Å²) in [4.78, 5) is 18.1. The van der Waals surface area contributed by atoms with E-state index in [1.807, 2.05) is 30.5 Å². The molecule has 1 aromatic heterocycles. The highest BCUT2D eigenvalue weighted by Crippen LogP contribution is 2.35. The number of benzene rings is 2. The monoisotopic (exact) mass is 473 g/mol. The lowest BCUT2D eigenvalue weighted by Crippen LogP contribution is -2.49. The topological polar surface area (TPSA) is 58.0 Å². The van der Waals surface area contributed by atoms with Gasteiger partial charge in [0, 0.05) is 42.7 Å². The number of carbonyl (C=O) groups excluding carboxylic acids is 1. The van der Waals surface area contributed by atoms with Crippen LogP contribution in [0.4, 0.5) is 5.69 Å². The summed E-state index contributed by atoms with van der Waals surface area (Å²) >= 11 is 0. The van der Waals surface area contributed by atoms with Crippen molar-refractivity contribution in [2.45, 2.75) is 44.1 Å². The van der Waals surface area contributed by atoms with Crippen molar-refractivity contribution in [3.05, 3.63) is 59.9 Å². The second-order valence-electron chi connectivity index (χ2n) is 10.5. The number of para-hydroxylation sites is 1. The van der Waals surface area contributed by atoms with Gasteiger partial charge in [-0.15, -0.1) is 0 Å². The van der Waals surface area contributed by atoms with Crippen molar-refractivity contribution in [2.75, 3.05) is 45.2 Å². The molecular weight excluding hydrogens is 438 g/mol. The van der Waals surface area contributed by atoms with Gasteiger partial charge in [0.1, 0.15) is 17.4 Å². The van der Waals surface area contributed by atoms with E-state index in [-0.39, 0.29) is 11.9 Å². The van der Waals surface area contributed by atoms with Crippen molar-refractivity contribution in [2.24, 2.45) is 5.92 Å². The van der Waals surface area contributed by atoms with Crippen LogP contribution >= 0.6 is 0 Å². The molecule has 0 radical (unpaired) electrons. The van der Waals surface area contributed by atoms with Crippen LogP contribution in [0.25, 0.3) is 11.0 Å². The van der Waals surface area contributed by atoms with Crippen molar-refractivity contribution in [3.8, 4) is 5.75 Å². The van der Waals surface area contributed by atoms with Crippen LogP contribution in [0.5, 0.6) is 5.75 Å². The number of furan rings is 1. The molecule has 2 atom stereocenters. The molecular formula is C29H35N3O3. The van der Waals surface area contributed by atoms with Crippen molar-refractivity contribution < 1.29 is 13.9 Å². The summed E-state index contributed by atoms with van der Waals surface area (Å²) in [6.45, 7) is 5.09. The molecule has 0 bridgehead atoms. The van der Waals surface area contributed by atoms with E-state index in [2.05, 4.69) is 33.3 Å². The number of carbonyl (C=O) groups is 1. The van der Waals surface area contributed by atoms with E-state index in [1.165, 1.54) is 35.8 Å². The second-order valence-corrected chi connectivity index (χ2v) is 10.5. The summed E-state index contributed by atoms with van der Waals surface area (Å²) in [6.07, 6.45) is 7.37. The fourth-order valence-electron chi connectivity index (χ4n) is 6.36. The molecule has 4 heterocycles. The minimum absolute atomic E-state index is 0.156. The molecule has 2 fully saturated rings. The third-order valence-corrected chi connectivity index (χ3v) is 8.25. The highest BCUT2D eigenvalue weighted by molar-refractivity contribution is 5.87. The Hall–Kier alpha value is -2.99. The van der Waals surface area contributed by atoms with Gasteiger partial charge in [0.15, 0.2) is 0 Å². The molecule has 6 nitrogen and oxygen atoms in total. The Morgan fingerprint density at radius 1 is 1.11 bits per heavy atom. The number of nitrogens with zero attached hydrogens (tertiary/aromatic N) is 2. The zero-order valence-electron chi connectivity index (χ0n) is 20.5. The first-order chi connectivity index (χ1) is 17.2. The number of ether oxygens (including phenoxy) is 1. The van der Waals surface area contributed by atoms with Gasteiger partial charge in [-0.05, 0) is 80.4 Å². The van der Waals surface area contributed by atoms with Gasteiger partial charge in [-0.2, -0.15) is 0 Å². The molecule has 0 saturated carbocycles. The molecule has 6 rings (SSSR count). The summed E-state index contributed by atoms with van der Waals surface area (Å²) in [5.74, 6) is 2.23. The van der Waals surface area contributed by atoms with E-state index in [0.717, 1.165) is 62.6 Å². The summed E-state index contributed by atoms with van der Waals surface area (Å²) in [7, 11) is 1.68. The minimum Gasteiger partial charge on any atom is -0.497 e. The van der Waals surface area contributed by atoms with E-state index >= 15 is 0 Å². The Labute approximate surface area is 207 Å². The van der Waals surface area contributed by atoms with Gasteiger partial charge in [-0.25, -0.2) is 0 Å². The lowest BCUT2D eigenvalue weighted by molar-refractivity contribution is -0.133. The number of rotatable bonds is 5. The lowest BCUT2D eigenvalue weighted by Gasteiger charge is -2.39. The fourth-order valence-corrected chi connectivity index (χ4v) is 6.36. The SMILES string of the molecule is COc1ccc2c(c1)CC(C(=O)N1CCC[C@@H](CN3CCC(c4coc5ccccc45)CC3)C1)N2. The Balaban J connectivity index is 1.02. The predicted molar refractivity (Wildman–Crippen MR) is 138 cm³/mol. The first-order valence-corrected chi connectivity index (χ1v) is 13.1. The van der Waals surface area contributed by atoms with Crippen molar-refractivity contribution in [3.63, 3.8) is 0 Å². The standard InChI is InChI=1S/C29H35N3O3/c1-34-23-8-9-26-22(15-23)16-27(30-26)29(33)32-12-4-5-20(18-32)17-31-13-10-21(11-14-31)25-19-35-28-7-3-2-6-24(25)28/h2-3,6-9,15,19-21,27,30H,4-5,10-14,16-18H2,1H3/t20-,27?/m0/s1. The largest absolute Gasteiger partial charge is 0.497 e. The number of amides is 1. The molecule has 35 heavy (non-hydrogen) atoms. The van der Waals surface area contributed by atoms with Crippen LogP contribution in [0, 0.1) is 5.92 Å². The highest BCUT2D eigenvalue weighted by atomic mass is 16.5. The number of methoxy groups -OCH3 is 1. The highest BCUT2D eigenvalue weighted by Gasteiger charge is 2.34. The Bertz CT molecular complexity index is 1200. The molecule has 6 heteroatoms. The maximum atomic E-state index is 13.4. The van der Waals surface area contributed by atoms with Gasteiger partial charge in [-0.3, -0.25) is 4.79 Å². The van der Waals surface area contributed by atoms with E-state index in [4.69, 9.17) is 9.15 Å². The molecule has 1 amide bonds. The van der Waals surface area contributed by atoms with Crippen LogP contribution in [-0.2, 0) is 11.2 Å². The summed E-state index contributed by atoms with van der Waals surface area (Å²) in [6, 6.07) is 14.2. The molecule has 1 unspecified atom stereocenters. The molecule has 3 aromatic rings. The summed E-state index contributed by atoms with van der Waals surface area (Å²) in [5, 5.41) is 4.72. The molecule has 3 aliphatic rings. The third kappa shape index (κ3) is 4.52. The molecule has 184 valence electrons. The molecule has 1 N–H and O–H groups in total. The zero-order chi connectivity index (χ0) is 23.8. The predicted octanol–water partition coefficient (Wildman–Crippen LogP) is 4.90. The number of piperidine rings is 2. The fraction of sp³-hybridized carbons (Fsp3) is 0.483.